The van der Waals surface area contributed by atoms with Crippen molar-refractivity contribution in [2.45, 2.75) is 116 Å². The van der Waals surface area contributed by atoms with Crippen molar-refractivity contribution in [3.05, 3.63) is 0 Å². The van der Waals surface area contributed by atoms with Crippen molar-refractivity contribution >= 4 is 17.1 Å². The lowest BCUT2D eigenvalue weighted by atomic mass is 10.2. The molecule has 0 bridgehead atoms. The van der Waals surface area contributed by atoms with Crippen molar-refractivity contribution in [2.75, 3.05) is 28.4 Å². The monoisotopic (exact) mass is 481 g/mol. The van der Waals surface area contributed by atoms with E-state index in [4.69, 9.17) is 27.2 Å². The third-order valence-electron chi connectivity index (χ3n) is 6.14. The fourth-order valence-corrected chi connectivity index (χ4v) is 7.41. The number of nitrogens with one attached hydrogen (secondary N) is 1. The van der Waals surface area contributed by atoms with Crippen molar-refractivity contribution in [1.29, 1.82) is 0 Å². The molecule has 0 saturated carbocycles. The normalized spacial score (nSPS) is 16.8. The minimum absolute atomic E-state index is 0.0540. The van der Waals surface area contributed by atoms with E-state index in [1.807, 2.05) is 13.8 Å². The van der Waals surface area contributed by atoms with Crippen LogP contribution in [0.1, 0.15) is 79.1 Å². The van der Waals surface area contributed by atoms with Gasteiger partial charge in [0.2, 0.25) is 0 Å². The smallest absolute Gasteiger partial charge is 0.364 e. The van der Waals surface area contributed by atoms with Gasteiger partial charge in [0.25, 0.3) is 0 Å². The fraction of sp³-hybridized carbons (Fsp3) is 1.00. The topological polar surface area (TPSA) is 67.4 Å². The van der Waals surface area contributed by atoms with Gasteiger partial charge >= 0.3 is 17.1 Å². The summed E-state index contributed by atoms with van der Waals surface area (Å²) in [6, 6.07) is 0. The van der Waals surface area contributed by atoms with Crippen molar-refractivity contribution in [3.8, 4) is 0 Å². The van der Waals surface area contributed by atoms with Crippen molar-refractivity contribution in [2.24, 2.45) is 0 Å². The Morgan fingerprint density at radius 1 is 0.613 bits per heavy atom. The average molecular weight is 482 g/mol. The number of ether oxygens (including phenoxy) is 2. The minimum Gasteiger partial charge on any atom is -0.396 e. The lowest BCUT2D eigenvalue weighted by molar-refractivity contribution is -0.0717. The molecule has 0 aliphatic carbocycles. The van der Waals surface area contributed by atoms with Gasteiger partial charge in [0.15, 0.2) is 0 Å². The van der Waals surface area contributed by atoms with Crippen LogP contribution < -0.4 is 5.32 Å². The van der Waals surface area contributed by atoms with Gasteiger partial charge in [-0.2, -0.15) is 0 Å². The summed E-state index contributed by atoms with van der Waals surface area (Å²) in [4.78, 5) is 0. The standard InChI is InChI=1S/C22H51NO6Si2/c1-11-13-15-17-21(30(9,24-5)25-6)28-19(3)23-20(4)29-22(18-16-14-12-2)31(10,26-7)27-8/h19-23H,11-18H2,1-10H3. The van der Waals surface area contributed by atoms with Crippen LogP contribution in [0.2, 0.25) is 13.1 Å². The Morgan fingerprint density at radius 2 is 0.935 bits per heavy atom. The fourth-order valence-electron chi connectivity index (χ4n) is 3.66. The predicted molar refractivity (Wildman–Crippen MR) is 131 cm³/mol. The molecule has 4 unspecified atom stereocenters. The lowest BCUT2D eigenvalue weighted by Gasteiger charge is -2.36. The zero-order valence-corrected chi connectivity index (χ0v) is 23.9. The summed E-state index contributed by atoms with van der Waals surface area (Å²) in [7, 11) is 2.04. The Labute approximate surface area is 194 Å². The highest BCUT2D eigenvalue weighted by Crippen LogP contribution is 2.23. The molecule has 4 atom stereocenters. The highest BCUT2D eigenvalue weighted by Gasteiger charge is 2.43. The molecule has 0 amide bonds. The molecule has 0 aliphatic rings. The summed E-state index contributed by atoms with van der Waals surface area (Å²) in [6.45, 7) is 12.6. The van der Waals surface area contributed by atoms with Crippen LogP contribution in [0.5, 0.6) is 0 Å². The Hall–Kier alpha value is 0.154. The molecule has 0 saturated heterocycles. The maximum atomic E-state index is 6.40. The minimum atomic E-state index is -2.42. The third-order valence-corrected chi connectivity index (χ3v) is 12.6. The quantitative estimate of drug-likeness (QED) is 0.149. The summed E-state index contributed by atoms with van der Waals surface area (Å²) < 4.78 is 35.9. The van der Waals surface area contributed by atoms with Crippen LogP contribution in [-0.2, 0) is 27.2 Å². The van der Waals surface area contributed by atoms with Crippen molar-refractivity contribution < 1.29 is 27.2 Å². The maximum Gasteiger partial charge on any atom is 0.364 e. The van der Waals surface area contributed by atoms with E-state index in [-0.39, 0.29) is 23.9 Å². The van der Waals surface area contributed by atoms with Gasteiger partial charge in [-0.25, -0.2) is 0 Å². The van der Waals surface area contributed by atoms with E-state index in [0.717, 1.165) is 25.7 Å². The number of rotatable bonds is 20. The first kappa shape index (κ1) is 31.2. The Kier molecular flexibility index (Phi) is 16.8. The summed E-state index contributed by atoms with van der Waals surface area (Å²) in [6.07, 6.45) is 8.34. The first-order valence-electron chi connectivity index (χ1n) is 11.9. The van der Waals surface area contributed by atoms with Crippen LogP contribution in [0, 0.1) is 0 Å². The molecule has 0 aromatic heterocycles. The molecule has 0 aliphatic heterocycles. The van der Waals surface area contributed by atoms with E-state index in [1.54, 1.807) is 28.4 Å². The van der Waals surface area contributed by atoms with Crippen LogP contribution in [0.15, 0.2) is 0 Å². The molecule has 0 radical (unpaired) electrons. The largest absolute Gasteiger partial charge is 0.396 e. The molecular formula is C22H51NO6Si2. The van der Waals surface area contributed by atoms with E-state index in [1.165, 1.54) is 25.7 Å². The van der Waals surface area contributed by atoms with Gasteiger partial charge in [0.1, 0.15) is 23.9 Å². The van der Waals surface area contributed by atoms with E-state index >= 15 is 0 Å². The molecule has 31 heavy (non-hydrogen) atoms. The first-order valence-corrected chi connectivity index (χ1v) is 16.7. The second kappa shape index (κ2) is 16.7. The number of unbranched alkanes of at least 4 members (excludes halogenated alkanes) is 4. The molecular weight excluding hydrogens is 430 g/mol. The van der Waals surface area contributed by atoms with E-state index in [9.17, 15) is 0 Å². The van der Waals surface area contributed by atoms with Gasteiger partial charge in [0, 0.05) is 28.4 Å². The molecule has 188 valence electrons. The predicted octanol–water partition coefficient (Wildman–Crippen LogP) is 5.01. The Morgan fingerprint density at radius 3 is 1.19 bits per heavy atom. The van der Waals surface area contributed by atoms with Crippen LogP contribution in [-0.4, -0.2) is 69.5 Å². The summed E-state index contributed by atoms with van der Waals surface area (Å²) in [5.74, 6) is 0. The van der Waals surface area contributed by atoms with E-state index in [2.05, 4.69) is 32.3 Å². The van der Waals surface area contributed by atoms with Gasteiger partial charge in [0.05, 0.1) is 0 Å². The molecule has 0 heterocycles. The van der Waals surface area contributed by atoms with Gasteiger partial charge in [-0.3, -0.25) is 5.32 Å². The Balaban J connectivity index is 5.06. The van der Waals surface area contributed by atoms with Crippen LogP contribution in [0.4, 0.5) is 0 Å². The first-order chi connectivity index (χ1) is 14.7. The summed E-state index contributed by atoms with van der Waals surface area (Å²) in [5, 5.41) is 3.44. The molecule has 9 heteroatoms. The SMILES string of the molecule is CCCCCC(OC(C)NC(C)OC(CCCCC)[Si](C)(OC)OC)[Si](C)(OC)OC. The second-order valence-corrected chi connectivity index (χ2v) is 15.5. The molecule has 0 spiro atoms. The van der Waals surface area contributed by atoms with Crippen molar-refractivity contribution in [3.63, 3.8) is 0 Å². The molecule has 0 fully saturated rings. The van der Waals surface area contributed by atoms with Crippen molar-refractivity contribution in [1.82, 2.24) is 5.32 Å². The molecule has 7 nitrogen and oxygen atoms in total. The second-order valence-electron chi connectivity index (χ2n) is 8.54. The molecule has 1 N–H and O–H groups in total. The summed E-state index contributed by atoms with van der Waals surface area (Å²) in [5.41, 5.74) is -0.108. The number of hydrogen-bond acceptors (Lipinski definition) is 7. The average Bonchev–Trinajstić information content (AvgIpc) is 2.76. The molecule has 0 aromatic rings. The maximum absolute atomic E-state index is 6.40. The van der Waals surface area contributed by atoms with Crippen LogP contribution in [0.25, 0.3) is 0 Å². The van der Waals surface area contributed by atoms with Gasteiger partial charge < -0.3 is 27.2 Å². The van der Waals surface area contributed by atoms with Gasteiger partial charge in [-0.15, -0.1) is 0 Å². The Bertz CT molecular complexity index is 400. The highest BCUT2D eigenvalue weighted by atomic mass is 28.4. The lowest BCUT2D eigenvalue weighted by Crippen LogP contribution is -2.56. The zero-order valence-electron chi connectivity index (χ0n) is 21.9. The van der Waals surface area contributed by atoms with Crippen LogP contribution >= 0.6 is 0 Å². The van der Waals surface area contributed by atoms with E-state index < -0.39 is 17.1 Å². The highest BCUT2D eigenvalue weighted by molar-refractivity contribution is 6.67. The van der Waals surface area contributed by atoms with Gasteiger partial charge in [-0.05, 0) is 39.8 Å². The molecule has 0 rings (SSSR count). The third kappa shape index (κ3) is 11.2. The van der Waals surface area contributed by atoms with Gasteiger partial charge in [-0.1, -0.05) is 52.4 Å². The zero-order chi connectivity index (χ0) is 23.9. The van der Waals surface area contributed by atoms with E-state index in [0.29, 0.717) is 0 Å². The van der Waals surface area contributed by atoms with Crippen LogP contribution in [0.3, 0.4) is 0 Å². The molecule has 0 aromatic carbocycles. The summed E-state index contributed by atoms with van der Waals surface area (Å²) >= 11 is 0. The number of hydrogen-bond donors (Lipinski definition) is 1.